The van der Waals surface area contributed by atoms with Gasteiger partial charge in [0.2, 0.25) is 0 Å². The average molecular weight is 362 g/mol. The minimum atomic E-state index is -0.783. The van der Waals surface area contributed by atoms with E-state index in [0.717, 1.165) is 37.7 Å². The number of aromatic amines is 1. The van der Waals surface area contributed by atoms with Crippen molar-refractivity contribution in [3.05, 3.63) is 46.7 Å². The lowest BCUT2D eigenvalue weighted by Gasteiger charge is -2.64. The number of carbonyl (C=O) groups is 1. The number of ketones is 1. The smallest absolute Gasteiger partial charge is 0.137 e. The van der Waals surface area contributed by atoms with E-state index in [1.54, 1.807) is 0 Å². The molecule has 4 heteroatoms. The molecule has 1 aliphatic heterocycles. The van der Waals surface area contributed by atoms with Crippen LogP contribution in [0.3, 0.4) is 0 Å². The van der Waals surface area contributed by atoms with Crippen molar-refractivity contribution < 1.29 is 9.90 Å². The first-order chi connectivity index (χ1) is 13.0. The molecule has 2 N–H and O–H groups in total. The van der Waals surface area contributed by atoms with Gasteiger partial charge in [-0.1, -0.05) is 29.3 Å². The van der Waals surface area contributed by atoms with Gasteiger partial charge < -0.3 is 15.0 Å². The summed E-state index contributed by atoms with van der Waals surface area (Å²) >= 11 is 0. The second kappa shape index (κ2) is 5.12. The van der Waals surface area contributed by atoms with Crippen LogP contribution in [0.5, 0.6) is 0 Å². The van der Waals surface area contributed by atoms with Gasteiger partial charge in [0.1, 0.15) is 5.78 Å². The topological polar surface area (TPSA) is 56.3 Å². The number of nitrogens with zero attached hydrogens (tertiary/aromatic N) is 1. The summed E-state index contributed by atoms with van der Waals surface area (Å²) in [5, 5.41) is 13.5. The Balaban J connectivity index is 1.61. The minimum absolute atomic E-state index is 0.153. The highest BCUT2D eigenvalue weighted by Gasteiger charge is 2.65. The van der Waals surface area contributed by atoms with Crippen LogP contribution in [0.25, 0.3) is 10.9 Å². The van der Waals surface area contributed by atoms with E-state index in [2.05, 4.69) is 41.2 Å². The van der Waals surface area contributed by atoms with E-state index < -0.39 is 5.60 Å². The van der Waals surface area contributed by atoms with E-state index in [-0.39, 0.29) is 11.5 Å². The maximum absolute atomic E-state index is 12.4. The number of piperidine rings is 1. The molecule has 1 fully saturated rings. The van der Waals surface area contributed by atoms with Gasteiger partial charge in [0, 0.05) is 53.7 Å². The molecule has 2 aromatic rings. The molecule has 3 atom stereocenters. The number of carbonyl (C=O) groups excluding carboxylic acids is 1. The molecule has 1 saturated heterocycles. The van der Waals surface area contributed by atoms with Crippen molar-refractivity contribution in [2.45, 2.75) is 56.6 Å². The summed E-state index contributed by atoms with van der Waals surface area (Å²) in [6.45, 7) is 0.994. The third-order valence-electron chi connectivity index (χ3n) is 8.15. The van der Waals surface area contributed by atoms with Crippen LogP contribution in [-0.2, 0) is 17.6 Å². The van der Waals surface area contributed by atoms with E-state index in [4.69, 9.17) is 0 Å². The summed E-state index contributed by atoms with van der Waals surface area (Å²) in [4.78, 5) is 18.4. The molecule has 3 aliphatic carbocycles. The Morgan fingerprint density at radius 1 is 1.22 bits per heavy atom. The first-order valence-electron chi connectivity index (χ1n) is 10.3. The summed E-state index contributed by atoms with van der Waals surface area (Å²) in [7, 11) is 2.16. The number of hydrogen-bond acceptors (Lipinski definition) is 3. The fourth-order valence-corrected chi connectivity index (χ4v) is 6.79. The Morgan fingerprint density at radius 3 is 2.96 bits per heavy atom. The number of rotatable bonds is 0. The van der Waals surface area contributed by atoms with Crippen molar-refractivity contribution >= 4 is 16.7 Å². The Kier molecular flexibility index (Phi) is 3.05. The first kappa shape index (κ1) is 16.1. The average Bonchev–Trinajstić information content (AvgIpc) is 3.00. The molecule has 6 rings (SSSR count). The van der Waals surface area contributed by atoms with Gasteiger partial charge in [-0.2, -0.15) is 0 Å². The summed E-state index contributed by atoms with van der Waals surface area (Å²) < 4.78 is 0. The monoisotopic (exact) mass is 362 g/mol. The lowest BCUT2D eigenvalue weighted by Crippen LogP contribution is -2.71. The largest absolute Gasteiger partial charge is 0.387 e. The summed E-state index contributed by atoms with van der Waals surface area (Å²) in [6, 6.07) is 8.60. The van der Waals surface area contributed by atoms with Crippen molar-refractivity contribution in [3.8, 4) is 0 Å². The van der Waals surface area contributed by atoms with Crippen molar-refractivity contribution in [1.82, 2.24) is 9.88 Å². The third kappa shape index (κ3) is 1.88. The predicted octanol–water partition coefficient (Wildman–Crippen LogP) is 3.14. The van der Waals surface area contributed by atoms with Crippen LogP contribution >= 0.6 is 0 Å². The van der Waals surface area contributed by atoms with Gasteiger partial charge in [-0.05, 0) is 44.5 Å². The maximum atomic E-state index is 12.4. The molecule has 0 spiro atoms. The molecule has 1 aromatic carbocycles. The zero-order chi connectivity index (χ0) is 18.4. The van der Waals surface area contributed by atoms with Gasteiger partial charge in [-0.3, -0.25) is 4.79 Å². The highest BCUT2D eigenvalue weighted by atomic mass is 16.3. The second-order valence-electron chi connectivity index (χ2n) is 9.24. The number of fused-ring (bicyclic) bond motifs is 3. The molecule has 0 radical (unpaired) electrons. The van der Waals surface area contributed by atoms with Crippen molar-refractivity contribution in [2.24, 2.45) is 5.41 Å². The summed E-state index contributed by atoms with van der Waals surface area (Å²) in [5.41, 5.74) is 5.44. The molecule has 4 aliphatic rings. The van der Waals surface area contributed by atoms with E-state index in [9.17, 15) is 9.90 Å². The number of H-pyrrole nitrogens is 1. The van der Waals surface area contributed by atoms with Gasteiger partial charge in [-0.15, -0.1) is 0 Å². The highest BCUT2D eigenvalue weighted by Crippen LogP contribution is 2.61. The summed E-state index contributed by atoms with van der Waals surface area (Å²) in [5.74, 6) is 0.352. The third-order valence-corrected chi connectivity index (χ3v) is 8.15. The lowest BCUT2D eigenvalue weighted by atomic mass is 9.48. The molecule has 2 bridgehead atoms. The molecule has 0 saturated carbocycles. The number of hydrogen-bond donors (Lipinski definition) is 2. The quantitative estimate of drug-likeness (QED) is 0.708. The van der Waals surface area contributed by atoms with Gasteiger partial charge in [0.25, 0.3) is 0 Å². The van der Waals surface area contributed by atoms with E-state index in [1.165, 1.54) is 27.8 Å². The normalized spacial score (nSPS) is 35.8. The number of likely N-dealkylation sites (tertiary alicyclic amines) is 1. The van der Waals surface area contributed by atoms with Crippen LogP contribution in [0.1, 0.15) is 43.4 Å². The van der Waals surface area contributed by atoms with E-state index >= 15 is 0 Å². The number of aliphatic hydroxyl groups is 1. The van der Waals surface area contributed by atoms with Crippen LogP contribution in [0.15, 0.2) is 35.4 Å². The number of benzene rings is 1. The molecule has 140 valence electrons. The van der Waals surface area contributed by atoms with Crippen molar-refractivity contribution in [2.75, 3.05) is 13.6 Å². The SMILES string of the molecule is CN1CC[C@]23Cc4[nH]c5ccccc5c4C[C@@]2(O)[C@H]1CC1=C3CC(=O)CC1. The number of nitrogens with one attached hydrogen (secondary N) is 1. The first-order valence-corrected chi connectivity index (χ1v) is 10.3. The Bertz CT molecular complexity index is 1020. The molecule has 4 nitrogen and oxygen atoms in total. The molecular weight excluding hydrogens is 336 g/mol. The number of likely N-dealkylation sites (N-methyl/N-ethyl adjacent to an activating group) is 1. The standard InChI is InChI=1S/C23H26N2O2/c1-25-9-8-22-13-20-17(16-4-2-3-5-19(16)24-20)12-23(22,27)21(25)10-14-6-7-15(26)11-18(14)22/h2-5,21,24,27H,6-13H2,1H3/t21-,22-,23-/m1/s1. The fraction of sp³-hybridized carbons (Fsp3) is 0.522. The second-order valence-corrected chi connectivity index (χ2v) is 9.24. The van der Waals surface area contributed by atoms with Crippen molar-refractivity contribution in [3.63, 3.8) is 0 Å². The molecule has 2 heterocycles. The van der Waals surface area contributed by atoms with Gasteiger partial charge in [0.05, 0.1) is 5.60 Å². The molecule has 27 heavy (non-hydrogen) atoms. The van der Waals surface area contributed by atoms with Crippen LogP contribution in [-0.4, -0.2) is 46.0 Å². The number of aromatic nitrogens is 1. The lowest BCUT2D eigenvalue weighted by molar-refractivity contribution is -0.168. The Labute approximate surface area is 159 Å². The highest BCUT2D eigenvalue weighted by molar-refractivity contribution is 5.86. The van der Waals surface area contributed by atoms with Gasteiger partial charge in [-0.25, -0.2) is 0 Å². The zero-order valence-corrected chi connectivity index (χ0v) is 15.8. The number of para-hydroxylation sites is 1. The van der Waals surface area contributed by atoms with Crippen LogP contribution < -0.4 is 0 Å². The van der Waals surface area contributed by atoms with Gasteiger partial charge >= 0.3 is 0 Å². The predicted molar refractivity (Wildman–Crippen MR) is 105 cm³/mol. The minimum Gasteiger partial charge on any atom is -0.387 e. The van der Waals surface area contributed by atoms with Crippen LogP contribution in [0.2, 0.25) is 0 Å². The molecule has 1 aromatic heterocycles. The van der Waals surface area contributed by atoms with E-state index in [0.29, 0.717) is 25.0 Å². The molecular formula is C23H26N2O2. The molecule has 0 amide bonds. The zero-order valence-electron chi connectivity index (χ0n) is 15.8. The fourth-order valence-electron chi connectivity index (χ4n) is 6.79. The summed E-state index contributed by atoms with van der Waals surface area (Å²) in [6.07, 6.45) is 5.53. The van der Waals surface area contributed by atoms with Crippen LogP contribution in [0.4, 0.5) is 0 Å². The van der Waals surface area contributed by atoms with Crippen molar-refractivity contribution in [1.29, 1.82) is 0 Å². The van der Waals surface area contributed by atoms with E-state index in [1.807, 2.05) is 0 Å². The van der Waals surface area contributed by atoms with Gasteiger partial charge in [0.15, 0.2) is 0 Å². The number of Topliss-reactive ketones (excluding diaryl/α,β-unsaturated/α-hetero) is 1. The molecule has 0 unspecified atom stereocenters. The Morgan fingerprint density at radius 2 is 2.07 bits per heavy atom. The maximum Gasteiger partial charge on any atom is 0.137 e. The van der Waals surface area contributed by atoms with Crippen LogP contribution in [0, 0.1) is 5.41 Å². The Hall–Kier alpha value is -1.91.